The Kier molecular flexibility index (Phi) is 4.40. The minimum atomic E-state index is -0.384. The van der Waals surface area contributed by atoms with Crippen molar-refractivity contribution in [2.45, 2.75) is 34.1 Å². The van der Waals surface area contributed by atoms with E-state index in [1.54, 1.807) is 19.2 Å². The van der Waals surface area contributed by atoms with Crippen molar-refractivity contribution in [1.29, 1.82) is 0 Å². The van der Waals surface area contributed by atoms with Crippen molar-refractivity contribution >= 4 is 17.5 Å². The third-order valence-electron chi connectivity index (χ3n) is 4.15. The predicted octanol–water partition coefficient (Wildman–Crippen LogP) is 2.71. The van der Waals surface area contributed by atoms with Gasteiger partial charge in [-0.05, 0) is 30.7 Å². The molecule has 1 aromatic rings. The molecule has 0 amide bonds. The second-order valence-electron chi connectivity index (χ2n) is 6.65. The first-order valence-corrected chi connectivity index (χ1v) is 7.50. The molecular weight excluding hydrogens is 266 g/mol. The molecule has 0 radical (unpaired) electrons. The van der Waals surface area contributed by atoms with Crippen LogP contribution in [0.25, 0.3) is 0 Å². The number of nitrogen functional groups attached to an aromatic ring is 1. The SMILES string of the molecule is CCOC(=O)c1cc(N2CCC(C(C)(C)C)C2)ncc1N. The monoisotopic (exact) mass is 291 g/mol. The third-order valence-corrected chi connectivity index (χ3v) is 4.15. The number of nitrogens with two attached hydrogens (primary N) is 1. The summed E-state index contributed by atoms with van der Waals surface area (Å²) >= 11 is 0. The van der Waals surface area contributed by atoms with E-state index in [4.69, 9.17) is 10.5 Å². The first-order chi connectivity index (χ1) is 9.82. The zero-order chi connectivity index (χ0) is 15.6. The van der Waals surface area contributed by atoms with E-state index in [0.29, 0.717) is 23.8 Å². The van der Waals surface area contributed by atoms with Crippen LogP contribution >= 0.6 is 0 Å². The summed E-state index contributed by atoms with van der Waals surface area (Å²) in [6.07, 6.45) is 2.69. The van der Waals surface area contributed by atoms with E-state index in [-0.39, 0.29) is 11.4 Å². The van der Waals surface area contributed by atoms with Gasteiger partial charge in [0.1, 0.15) is 5.82 Å². The van der Waals surface area contributed by atoms with Gasteiger partial charge < -0.3 is 15.4 Å². The molecule has 1 fully saturated rings. The van der Waals surface area contributed by atoms with Crippen molar-refractivity contribution in [1.82, 2.24) is 4.98 Å². The lowest BCUT2D eigenvalue weighted by Gasteiger charge is -2.27. The Labute approximate surface area is 126 Å². The van der Waals surface area contributed by atoms with E-state index in [9.17, 15) is 4.79 Å². The van der Waals surface area contributed by atoms with Crippen LogP contribution in [0.5, 0.6) is 0 Å². The molecule has 1 aromatic heterocycles. The van der Waals surface area contributed by atoms with Crippen molar-refractivity contribution in [2.75, 3.05) is 30.3 Å². The molecule has 2 rings (SSSR count). The standard InChI is InChI=1S/C16H25N3O2/c1-5-21-15(20)12-8-14(18-9-13(12)17)19-7-6-11(10-19)16(2,3)4/h8-9,11H,5-7,10,17H2,1-4H3. The average Bonchev–Trinajstić information content (AvgIpc) is 2.89. The van der Waals surface area contributed by atoms with Crippen molar-refractivity contribution in [3.8, 4) is 0 Å². The molecule has 2 N–H and O–H groups in total. The number of carbonyl (C=O) groups is 1. The zero-order valence-corrected chi connectivity index (χ0v) is 13.3. The molecule has 1 saturated heterocycles. The molecule has 0 bridgehead atoms. The van der Waals surface area contributed by atoms with Crippen LogP contribution < -0.4 is 10.6 Å². The Morgan fingerprint density at radius 1 is 1.52 bits per heavy atom. The molecule has 5 heteroatoms. The fraction of sp³-hybridized carbons (Fsp3) is 0.625. The van der Waals surface area contributed by atoms with E-state index < -0.39 is 0 Å². The predicted molar refractivity (Wildman–Crippen MR) is 84.4 cm³/mol. The number of rotatable bonds is 3. The van der Waals surface area contributed by atoms with Gasteiger partial charge >= 0.3 is 5.97 Å². The normalized spacial score (nSPS) is 18.9. The molecule has 0 spiro atoms. The van der Waals surface area contributed by atoms with E-state index in [1.807, 2.05) is 0 Å². The molecule has 5 nitrogen and oxygen atoms in total. The van der Waals surface area contributed by atoms with Crippen molar-refractivity contribution in [2.24, 2.45) is 11.3 Å². The van der Waals surface area contributed by atoms with Gasteiger partial charge in [0.05, 0.1) is 24.1 Å². The number of pyridine rings is 1. The fourth-order valence-electron chi connectivity index (χ4n) is 2.69. The number of nitrogens with zero attached hydrogens (tertiary/aromatic N) is 2. The van der Waals surface area contributed by atoms with E-state index >= 15 is 0 Å². The van der Waals surface area contributed by atoms with Gasteiger partial charge in [-0.3, -0.25) is 0 Å². The summed E-state index contributed by atoms with van der Waals surface area (Å²) in [5, 5.41) is 0. The molecule has 1 atom stereocenters. The minimum Gasteiger partial charge on any atom is -0.462 e. The summed E-state index contributed by atoms with van der Waals surface area (Å²) in [7, 11) is 0. The van der Waals surface area contributed by atoms with Crippen molar-refractivity contribution in [3.05, 3.63) is 17.8 Å². The summed E-state index contributed by atoms with van der Waals surface area (Å²) in [5.41, 5.74) is 6.89. The molecule has 1 unspecified atom stereocenters. The summed E-state index contributed by atoms with van der Waals surface area (Å²) in [6.45, 7) is 10.8. The number of ether oxygens (including phenoxy) is 1. The lowest BCUT2D eigenvalue weighted by molar-refractivity contribution is 0.0527. The van der Waals surface area contributed by atoms with Crippen LogP contribution in [0, 0.1) is 11.3 Å². The Bertz CT molecular complexity index is 523. The number of carbonyl (C=O) groups excluding carboxylic acids is 1. The molecule has 0 aliphatic carbocycles. The molecule has 1 aliphatic heterocycles. The summed E-state index contributed by atoms with van der Waals surface area (Å²) < 4.78 is 5.04. The van der Waals surface area contributed by atoms with Crippen LogP contribution in [0.15, 0.2) is 12.3 Å². The summed E-state index contributed by atoms with van der Waals surface area (Å²) in [6, 6.07) is 1.75. The Hall–Kier alpha value is -1.78. The van der Waals surface area contributed by atoms with Gasteiger partial charge in [-0.2, -0.15) is 0 Å². The number of hydrogen-bond donors (Lipinski definition) is 1. The minimum absolute atomic E-state index is 0.284. The maximum atomic E-state index is 11.9. The van der Waals surface area contributed by atoms with Gasteiger partial charge in [0.25, 0.3) is 0 Å². The smallest absolute Gasteiger partial charge is 0.340 e. The molecule has 1 aliphatic rings. The number of esters is 1. The zero-order valence-electron chi connectivity index (χ0n) is 13.3. The van der Waals surface area contributed by atoms with Crippen molar-refractivity contribution in [3.63, 3.8) is 0 Å². The second kappa shape index (κ2) is 5.92. The van der Waals surface area contributed by atoms with Gasteiger partial charge in [0.15, 0.2) is 0 Å². The fourth-order valence-corrected chi connectivity index (χ4v) is 2.69. The van der Waals surface area contributed by atoms with Gasteiger partial charge in [-0.15, -0.1) is 0 Å². The van der Waals surface area contributed by atoms with Gasteiger partial charge in [0.2, 0.25) is 0 Å². The Balaban J connectivity index is 2.19. The maximum absolute atomic E-state index is 11.9. The van der Waals surface area contributed by atoms with Crippen LogP contribution in [0.4, 0.5) is 11.5 Å². The maximum Gasteiger partial charge on any atom is 0.340 e. The van der Waals surface area contributed by atoms with Gasteiger partial charge in [0, 0.05) is 13.1 Å². The van der Waals surface area contributed by atoms with Crippen LogP contribution in [-0.4, -0.2) is 30.6 Å². The Morgan fingerprint density at radius 3 is 2.81 bits per heavy atom. The van der Waals surface area contributed by atoms with E-state index in [0.717, 1.165) is 25.3 Å². The average molecular weight is 291 g/mol. The second-order valence-corrected chi connectivity index (χ2v) is 6.65. The van der Waals surface area contributed by atoms with Crippen LogP contribution in [0.1, 0.15) is 44.5 Å². The van der Waals surface area contributed by atoms with Crippen LogP contribution in [0.3, 0.4) is 0 Å². The molecule has 0 aromatic carbocycles. The molecule has 116 valence electrons. The molecular formula is C16H25N3O2. The first kappa shape index (κ1) is 15.6. The summed E-state index contributed by atoms with van der Waals surface area (Å²) in [4.78, 5) is 18.5. The molecule has 2 heterocycles. The van der Waals surface area contributed by atoms with Crippen LogP contribution in [-0.2, 0) is 4.74 Å². The highest BCUT2D eigenvalue weighted by Crippen LogP contribution is 2.35. The third kappa shape index (κ3) is 3.46. The highest BCUT2D eigenvalue weighted by atomic mass is 16.5. The topological polar surface area (TPSA) is 68.5 Å². The lowest BCUT2D eigenvalue weighted by Crippen LogP contribution is -2.26. The molecule has 0 saturated carbocycles. The molecule has 21 heavy (non-hydrogen) atoms. The van der Waals surface area contributed by atoms with Gasteiger partial charge in [-0.1, -0.05) is 20.8 Å². The largest absolute Gasteiger partial charge is 0.462 e. The van der Waals surface area contributed by atoms with Crippen molar-refractivity contribution < 1.29 is 9.53 Å². The highest BCUT2D eigenvalue weighted by molar-refractivity contribution is 5.95. The van der Waals surface area contributed by atoms with E-state index in [2.05, 4.69) is 30.7 Å². The highest BCUT2D eigenvalue weighted by Gasteiger charge is 2.32. The lowest BCUT2D eigenvalue weighted by atomic mass is 9.80. The van der Waals surface area contributed by atoms with E-state index in [1.165, 1.54) is 0 Å². The Morgan fingerprint density at radius 2 is 2.24 bits per heavy atom. The number of anilines is 2. The van der Waals surface area contributed by atoms with Gasteiger partial charge in [-0.25, -0.2) is 9.78 Å². The summed E-state index contributed by atoms with van der Waals surface area (Å²) in [5.74, 6) is 1.05. The quantitative estimate of drug-likeness (QED) is 0.867. The number of hydrogen-bond acceptors (Lipinski definition) is 5. The first-order valence-electron chi connectivity index (χ1n) is 7.50. The van der Waals surface area contributed by atoms with Crippen LogP contribution in [0.2, 0.25) is 0 Å². The number of aromatic nitrogens is 1.